The summed E-state index contributed by atoms with van der Waals surface area (Å²) < 4.78 is 0. The van der Waals surface area contributed by atoms with Crippen molar-refractivity contribution >= 4 is 12.0 Å². The molecule has 0 bridgehead atoms. The highest BCUT2D eigenvalue weighted by Gasteiger charge is 2.07. The molecule has 0 aromatic heterocycles. The van der Waals surface area contributed by atoms with E-state index in [2.05, 4.69) is 0 Å². The van der Waals surface area contributed by atoms with E-state index in [-0.39, 0.29) is 0 Å². The summed E-state index contributed by atoms with van der Waals surface area (Å²) >= 11 is 0. The van der Waals surface area contributed by atoms with Crippen molar-refractivity contribution in [3.05, 3.63) is 30.3 Å². The van der Waals surface area contributed by atoms with Gasteiger partial charge in [0.2, 0.25) is 0 Å². The Bertz CT molecular complexity index is 272. The van der Waals surface area contributed by atoms with Crippen LogP contribution in [-0.4, -0.2) is 30.6 Å². The Hall–Kier alpha value is -1.35. The van der Waals surface area contributed by atoms with Crippen LogP contribution in [0.1, 0.15) is 6.92 Å². The van der Waals surface area contributed by atoms with Gasteiger partial charge in [-0.1, -0.05) is 18.2 Å². The molecular formula is C11H15NO2. The van der Waals surface area contributed by atoms with Gasteiger partial charge in [-0.3, -0.25) is 0 Å². The van der Waals surface area contributed by atoms with Crippen LogP contribution in [0.3, 0.4) is 0 Å². The van der Waals surface area contributed by atoms with Gasteiger partial charge in [-0.2, -0.15) is 0 Å². The van der Waals surface area contributed by atoms with Crippen LogP contribution in [0.25, 0.3) is 0 Å². The Morgan fingerprint density at radius 3 is 2.57 bits per heavy atom. The summed E-state index contributed by atoms with van der Waals surface area (Å²) in [6, 6.07) is 9.59. The lowest BCUT2D eigenvalue weighted by atomic mass is 10.2. The highest BCUT2D eigenvalue weighted by atomic mass is 16.3. The van der Waals surface area contributed by atoms with Crippen molar-refractivity contribution in [1.29, 1.82) is 0 Å². The highest BCUT2D eigenvalue weighted by Crippen LogP contribution is 2.12. The van der Waals surface area contributed by atoms with Crippen LogP contribution in [0.5, 0.6) is 0 Å². The number of aliphatic hydroxyl groups excluding tert-OH is 1. The zero-order valence-electron chi connectivity index (χ0n) is 8.26. The summed E-state index contributed by atoms with van der Waals surface area (Å²) in [4.78, 5) is 12.3. The number of carbonyl (C=O) groups excluding carboxylic acids is 1. The van der Waals surface area contributed by atoms with Crippen molar-refractivity contribution in [1.82, 2.24) is 0 Å². The van der Waals surface area contributed by atoms with Crippen LogP contribution < -0.4 is 4.90 Å². The molecule has 0 spiro atoms. The van der Waals surface area contributed by atoms with E-state index in [1.807, 2.05) is 35.2 Å². The van der Waals surface area contributed by atoms with Gasteiger partial charge in [-0.05, 0) is 19.1 Å². The van der Waals surface area contributed by atoms with E-state index in [1.165, 1.54) is 0 Å². The van der Waals surface area contributed by atoms with E-state index >= 15 is 0 Å². The molecule has 0 amide bonds. The number of aliphatic hydroxyl groups is 1. The molecule has 0 saturated carbocycles. The van der Waals surface area contributed by atoms with E-state index in [9.17, 15) is 9.90 Å². The second-order valence-corrected chi connectivity index (χ2v) is 3.26. The van der Waals surface area contributed by atoms with Gasteiger partial charge >= 0.3 is 0 Å². The van der Waals surface area contributed by atoms with Gasteiger partial charge in [0.1, 0.15) is 6.29 Å². The average Bonchev–Trinajstić information content (AvgIpc) is 2.18. The fourth-order valence-electron chi connectivity index (χ4n) is 1.33. The molecule has 1 N–H and O–H groups in total. The minimum absolute atomic E-state index is 0.314. The van der Waals surface area contributed by atoms with Gasteiger partial charge < -0.3 is 14.8 Å². The monoisotopic (exact) mass is 193 g/mol. The molecule has 3 nitrogen and oxygen atoms in total. The summed E-state index contributed by atoms with van der Waals surface area (Å²) in [5.74, 6) is 0. The van der Waals surface area contributed by atoms with Gasteiger partial charge in [-0.15, -0.1) is 0 Å². The van der Waals surface area contributed by atoms with Crippen molar-refractivity contribution in [2.75, 3.05) is 18.0 Å². The molecule has 1 rings (SSSR count). The largest absolute Gasteiger partial charge is 0.392 e. The molecule has 1 aromatic rings. The molecule has 76 valence electrons. The van der Waals surface area contributed by atoms with Crippen molar-refractivity contribution < 1.29 is 9.90 Å². The second-order valence-electron chi connectivity index (χ2n) is 3.26. The Morgan fingerprint density at radius 1 is 1.43 bits per heavy atom. The summed E-state index contributed by atoms with van der Waals surface area (Å²) in [5, 5.41) is 9.25. The molecule has 0 saturated heterocycles. The molecule has 1 atom stereocenters. The van der Waals surface area contributed by atoms with Gasteiger partial charge in [0.25, 0.3) is 0 Å². The maximum atomic E-state index is 10.4. The van der Waals surface area contributed by atoms with Crippen LogP contribution in [0.15, 0.2) is 30.3 Å². The minimum atomic E-state index is -0.435. The van der Waals surface area contributed by atoms with Gasteiger partial charge in [0.05, 0.1) is 12.6 Å². The SMILES string of the molecule is C[C@@H](O)CN(CC=O)c1ccccc1. The van der Waals surface area contributed by atoms with Gasteiger partial charge in [-0.25, -0.2) is 0 Å². The van der Waals surface area contributed by atoms with Crippen molar-refractivity contribution in [3.63, 3.8) is 0 Å². The quantitative estimate of drug-likeness (QED) is 0.711. The minimum Gasteiger partial charge on any atom is -0.392 e. The average molecular weight is 193 g/mol. The lowest BCUT2D eigenvalue weighted by Crippen LogP contribution is -2.32. The zero-order chi connectivity index (χ0) is 10.4. The van der Waals surface area contributed by atoms with Crippen molar-refractivity contribution in [3.8, 4) is 0 Å². The van der Waals surface area contributed by atoms with Gasteiger partial charge in [0, 0.05) is 12.2 Å². The molecule has 0 heterocycles. The molecule has 0 fully saturated rings. The van der Waals surface area contributed by atoms with Crippen LogP contribution in [0.4, 0.5) is 5.69 Å². The number of anilines is 1. The van der Waals surface area contributed by atoms with E-state index in [4.69, 9.17) is 0 Å². The van der Waals surface area contributed by atoms with E-state index in [1.54, 1.807) is 6.92 Å². The Kier molecular flexibility index (Phi) is 4.13. The first-order valence-electron chi connectivity index (χ1n) is 4.65. The first kappa shape index (κ1) is 10.7. The summed E-state index contributed by atoms with van der Waals surface area (Å²) in [5.41, 5.74) is 0.959. The second kappa shape index (κ2) is 5.40. The Labute approximate surface area is 84.0 Å². The number of hydrogen-bond donors (Lipinski definition) is 1. The molecule has 0 radical (unpaired) electrons. The Morgan fingerprint density at radius 2 is 2.07 bits per heavy atom. The number of benzene rings is 1. The first-order chi connectivity index (χ1) is 6.74. The van der Waals surface area contributed by atoms with Crippen molar-refractivity contribution in [2.45, 2.75) is 13.0 Å². The van der Waals surface area contributed by atoms with Crippen LogP contribution in [0.2, 0.25) is 0 Å². The topological polar surface area (TPSA) is 40.5 Å². The normalized spacial score (nSPS) is 12.1. The fourth-order valence-corrected chi connectivity index (χ4v) is 1.33. The third-order valence-electron chi connectivity index (χ3n) is 1.90. The number of para-hydroxylation sites is 1. The number of rotatable bonds is 5. The molecule has 3 heteroatoms. The molecule has 0 unspecified atom stereocenters. The summed E-state index contributed by atoms with van der Waals surface area (Å²) in [6.07, 6.45) is 0.408. The predicted octanol–water partition coefficient (Wildman–Crippen LogP) is 1.07. The molecule has 1 aromatic carbocycles. The Balaban J connectivity index is 2.72. The lowest BCUT2D eigenvalue weighted by molar-refractivity contribution is -0.106. The predicted molar refractivity (Wildman–Crippen MR) is 56.4 cm³/mol. The summed E-state index contributed by atoms with van der Waals surface area (Å²) in [6.45, 7) is 2.50. The third-order valence-corrected chi connectivity index (χ3v) is 1.90. The number of carbonyl (C=O) groups is 1. The fraction of sp³-hybridized carbons (Fsp3) is 0.364. The number of hydrogen-bond acceptors (Lipinski definition) is 3. The standard InChI is InChI=1S/C11H15NO2/c1-10(14)9-12(7-8-13)11-5-3-2-4-6-11/h2-6,8,10,14H,7,9H2,1H3/t10-/m1/s1. The maximum Gasteiger partial charge on any atom is 0.139 e. The highest BCUT2D eigenvalue weighted by molar-refractivity contribution is 5.61. The zero-order valence-corrected chi connectivity index (χ0v) is 8.26. The van der Waals surface area contributed by atoms with Crippen LogP contribution in [0, 0.1) is 0 Å². The van der Waals surface area contributed by atoms with Crippen LogP contribution in [-0.2, 0) is 4.79 Å². The third kappa shape index (κ3) is 3.18. The number of aldehydes is 1. The van der Waals surface area contributed by atoms with Crippen LogP contribution >= 0.6 is 0 Å². The lowest BCUT2D eigenvalue weighted by Gasteiger charge is -2.23. The first-order valence-corrected chi connectivity index (χ1v) is 4.65. The van der Waals surface area contributed by atoms with Gasteiger partial charge in [0.15, 0.2) is 0 Å². The van der Waals surface area contributed by atoms with E-state index in [0.717, 1.165) is 12.0 Å². The molecule has 0 aliphatic carbocycles. The molecular weight excluding hydrogens is 178 g/mol. The molecule has 0 aliphatic heterocycles. The van der Waals surface area contributed by atoms with E-state index in [0.29, 0.717) is 13.1 Å². The molecule has 14 heavy (non-hydrogen) atoms. The van der Waals surface area contributed by atoms with Crippen molar-refractivity contribution in [2.24, 2.45) is 0 Å². The maximum absolute atomic E-state index is 10.4. The number of nitrogens with zero attached hydrogens (tertiary/aromatic N) is 1. The summed E-state index contributed by atoms with van der Waals surface area (Å²) in [7, 11) is 0. The van der Waals surface area contributed by atoms with E-state index < -0.39 is 6.10 Å². The molecule has 0 aliphatic rings. The smallest absolute Gasteiger partial charge is 0.139 e.